The predicted molar refractivity (Wildman–Crippen MR) is 91.7 cm³/mol. The monoisotopic (exact) mass is 355 g/mol. The zero-order valence-corrected chi connectivity index (χ0v) is 15.7. The summed E-state index contributed by atoms with van der Waals surface area (Å²) in [5.74, 6) is 0.514. The number of rotatable bonds is 2. The predicted octanol–water partition coefficient (Wildman–Crippen LogP) is 4.74. The van der Waals surface area contributed by atoms with Crippen molar-refractivity contribution < 1.29 is 12.8 Å². The summed E-state index contributed by atoms with van der Waals surface area (Å²) in [7, 11) is -3.53. The summed E-state index contributed by atoms with van der Waals surface area (Å²) in [5, 5.41) is -0.192. The molecular weight excluding hydrogens is 334 g/mol. The number of sulfone groups is 1. The van der Waals surface area contributed by atoms with Crippen molar-refractivity contribution in [2.45, 2.75) is 63.0 Å². The first-order chi connectivity index (χ1) is 10.4. The van der Waals surface area contributed by atoms with E-state index in [-0.39, 0.29) is 26.3 Å². The third kappa shape index (κ3) is 2.78. The van der Waals surface area contributed by atoms with Crippen LogP contribution in [0.2, 0.25) is 5.02 Å². The van der Waals surface area contributed by atoms with Crippen molar-refractivity contribution in [3.8, 4) is 0 Å². The van der Waals surface area contributed by atoms with Gasteiger partial charge in [0.1, 0.15) is 10.4 Å². The highest BCUT2D eigenvalue weighted by molar-refractivity contribution is 7.92. The van der Waals surface area contributed by atoms with Crippen LogP contribution < -0.4 is 0 Å². The smallest absolute Gasteiger partial charge is 0.200 e. The zero-order chi connectivity index (χ0) is 17.2. The molecule has 3 rings (SSSR count). The highest BCUT2D eigenvalue weighted by Crippen LogP contribution is 2.47. The number of benzene rings is 1. The van der Waals surface area contributed by atoms with Gasteiger partial charge >= 0.3 is 0 Å². The molecule has 1 saturated carbocycles. The topological polar surface area (TPSA) is 60.2 Å². The highest BCUT2D eigenvalue weighted by atomic mass is 35.5. The van der Waals surface area contributed by atoms with Crippen LogP contribution in [0.5, 0.6) is 0 Å². The highest BCUT2D eigenvalue weighted by Gasteiger charge is 2.46. The van der Waals surface area contributed by atoms with Gasteiger partial charge in [0, 0.05) is 5.41 Å². The van der Waals surface area contributed by atoms with Crippen molar-refractivity contribution in [3.05, 3.63) is 23.0 Å². The first-order valence-corrected chi connectivity index (χ1v) is 9.68. The third-order valence-electron chi connectivity index (χ3n) is 4.39. The minimum Gasteiger partial charge on any atom is -0.439 e. The number of fused-ring (bicyclic) bond motifs is 1. The molecule has 0 aliphatic heterocycles. The number of hydrogen-bond donors (Lipinski definition) is 0. The molecule has 1 aromatic carbocycles. The molecule has 6 heteroatoms. The molecule has 0 radical (unpaired) electrons. The van der Waals surface area contributed by atoms with E-state index in [1.807, 2.05) is 20.8 Å². The molecule has 0 bridgehead atoms. The summed E-state index contributed by atoms with van der Waals surface area (Å²) in [6, 6.07) is 3.30. The van der Waals surface area contributed by atoms with Crippen LogP contribution >= 0.6 is 11.6 Å². The molecule has 23 heavy (non-hydrogen) atoms. The Morgan fingerprint density at radius 2 is 1.87 bits per heavy atom. The fourth-order valence-electron chi connectivity index (χ4n) is 3.09. The molecule has 1 heterocycles. The van der Waals surface area contributed by atoms with E-state index in [9.17, 15) is 8.42 Å². The SMILES string of the molecule is CC1(C)CC(S(=O)(=O)c2c(Cl)ccc3nc(C(C)(C)C)oc23)C1. The van der Waals surface area contributed by atoms with Gasteiger partial charge in [-0.25, -0.2) is 13.4 Å². The third-order valence-corrected chi connectivity index (χ3v) is 7.00. The lowest BCUT2D eigenvalue weighted by Crippen LogP contribution is -2.41. The molecule has 1 aromatic heterocycles. The Labute approximate surface area is 142 Å². The minimum atomic E-state index is -3.53. The molecule has 0 unspecified atom stereocenters. The van der Waals surface area contributed by atoms with Crippen molar-refractivity contribution in [2.75, 3.05) is 0 Å². The minimum absolute atomic E-state index is 0.0656. The summed E-state index contributed by atoms with van der Waals surface area (Å²) in [6.45, 7) is 10.1. The lowest BCUT2D eigenvalue weighted by molar-refractivity contribution is 0.194. The summed E-state index contributed by atoms with van der Waals surface area (Å²) in [4.78, 5) is 4.54. The summed E-state index contributed by atoms with van der Waals surface area (Å²) in [6.07, 6.45) is 1.28. The largest absolute Gasteiger partial charge is 0.439 e. The van der Waals surface area contributed by atoms with Gasteiger partial charge in [-0.15, -0.1) is 0 Å². The van der Waals surface area contributed by atoms with Crippen LogP contribution in [0.1, 0.15) is 53.4 Å². The molecular formula is C17H22ClNO3S. The van der Waals surface area contributed by atoms with E-state index >= 15 is 0 Å². The maximum absolute atomic E-state index is 13.0. The molecule has 1 aliphatic carbocycles. The first-order valence-electron chi connectivity index (χ1n) is 7.75. The molecule has 1 fully saturated rings. The molecule has 0 amide bonds. The van der Waals surface area contributed by atoms with E-state index in [1.54, 1.807) is 12.1 Å². The van der Waals surface area contributed by atoms with Crippen molar-refractivity contribution >= 4 is 32.5 Å². The van der Waals surface area contributed by atoms with Crippen molar-refractivity contribution in [1.82, 2.24) is 4.98 Å². The van der Waals surface area contributed by atoms with Crippen LogP contribution in [-0.2, 0) is 15.3 Å². The van der Waals surface area contributed by atoms with Gasteiger partial charge in [-0.1, -0.05) is 46.2 Å². The normalized spacial score (nSPS) is 19.0. The van der Waals surface area contributed by atoms with Crippen molar-refractivity contribution in [2.24, 2.45) is 5.41 Å². The first kappa shape index (κ1) is 16.8. The van der Waals surface area contributed by atoms with Gasteiger partial charge in [0.05, 0.1) is 10.3 Å². The molecule has 0 atom stereocenters. The quantitative estimate of drug-likeness (QED) is 0.780. The lowest BCUT2D eigenvalue weighted by Gasteiger charge is -2.41. The Morgan fingerprint density at radius 1 is 1.26 bits per heavy atom. The van der Waals surface area contributed by atoms with Gasteiger partial charge in [-0.05, 0) is 30.4 Å². The fourth-order valence-corrected chi connectivity index (χ4v) is 5.98. The number of halogens is 1. The van der Waals surface area contributed by atoms with Crippen LogP contribution in [0, 0.1) is 5.41 Å². The second-order valence-electron chi connectivity index (χ2n) is 8.23. The Hall–Kier alpha value is -1.07. The summed E-state index contributed by atoms with van der Waals surface area (Å²) >= 11 is 6.24. The molecule has 0 N–H and O–H groups in total. The number of oxazole rings is 1. The van der Waals surface area contributed by atoms with E-state index in [1.165, 1.54) is 0 Å². The second-order valence-corrected chi connectivity index (χ2v) is 10.8. The number of aromatic nitrogens is 1. The Bertz CT molecular complexity index is 867. The summed E-state index contributed by atoms with van der Waals surface area (Å²) < 4.78 is 31.9. The zero-order valence-electron chi connectivity index (χ0n) is 14.1. The Morgan fingerprint density at radius 3 is 2.39 bits per heavy atom. The standard InChI is InChI=1S/C17H22ClNO3S/c1-16(2,3)15-19-12-7-6-11(18)14(13(12)22-15)23(20,21)10-8-17(4,5)9-10/h6-7,10H,8-9H2,1-5H3. The molecule has 2 aromatic rings. The molecule has 1 aliphatic rings. The molecule has 126 valence electrons. The summed E-state index contributed by atoms with van der Waals surface area (Å²) in [5.41, 5.74) is 0.588. The average molecular weight is 356 g/mol. The Balaban J connectivity index is 2.17. The number of hydrogen-bond acceptors (Lipinski definition) is 4. The maximum Gasteiger partial charge on any atom is 0.200 e. The van der Waals surface area contributed by atoms with Gasteiger partial charge in [0.2, 0.25) is 5.89 Å². The number of nitrogens with zero attached hydrogens (tertiary/aromatic N) is 1. The molecule has 0 spiro atoms. The van der Waals surface area contributed by atoms with E-state index in [0.717, 1.165) is 0 Å². The van der Waals surface area contributed by atoms with Crippen LogP contribution in [0.25, 0.3) is 11.1 Å². The van der Waals surface area contributed by atoms with Crippen LogP contribution in [-0.4, -0.2) is 18.7 Å². The second kappa shape index (κ2) is 4.96. The van der Waals surface area contributed by atoms with Gasteiger partial charge in [-0.3, -0.25) is 0 Å². The van der Waals surface area contributed by atoms with Gasteiger partial charge in [-0.2, -0.15) is 0 Å². The van der Waals surface area contributed by atoms with Crippen molar-refractivity contribution in [1.29, 1.82) is 0 Å². The van der Waals surface area contributed by atoms with Crippen LogP contribution in [0.15, 0.2) is 21.4 Å². The molecule has 0 saturated heterocycles. The Kier molecular flexibility index (Phi) is 3.62. The van der Waals surface area contributed by atoms with Gasteiger partial charge < -0.3 is 4.42 Å². The molecule has 4 nitrogen and oxygen atoms in total. The van der Waals surface area contributed by atoms with Gasteiger partial charge in [0.15, 0.2) is 15.4 Å². The van der Waals surface area contributed by atoms with Crippen molar-refractivity contribution in [3.63, 3.8) is 0 Å². The van der Waals surface area contributed by atoms with Crippen LogP contribution in [0.3, 0.4) is 0 Å². The van der Waals surface area contributed by atoms with Crippen LogP contribution in [0.4, 0.5) is 0 Å². The average Bonchev–Trinajstić information content (AvgIpc) is 2.78. The van der Waals surface area contributed by atoms with E-state index in [2.05, 4.69) is 18.8 Å². The van der Waals surface area contributed by atoms with Gasteiger partial charge in [0.25, 0.3) is 0 Å². The van der Waals surface area contributed by atoms with E-state index < -0.39 is 15.1 Å². The lowest BCUT2D eigenvalue weighted by atomic mass is 9.72. The maximum atomic E-state index is 13.0. The van der Waals surface area contributed by atoms with E-state index in [0.29, 0.717) is 24.2 Å². The van der Waals surface area contributed by atoms with E-state index in [4.69, 9.17) is 16.0 Å². The fraction of sp³-hybridized carbons (Fsp3) is 0.588.